The smallest absolute Gasteiger partial charge is 0.269 e. The SMILES string of the molecule is CNc1ccc([N+](=O)[O-])cc1COc1ccc(Cl)c(F)c1. The van der Waals surface area contributed by atoms with Crippen LogP contribution in [0.5, 0.6) is 5.75 Å². The molecule has 0 bridgehead atoms. The van der Waals surface area contributed by atoms with Gasteiger partial charge in [-0.05, 0) is 18.2 Å². The summed E-state index contributed by atoms with van der Waals surface area (Å²) >= 11 is 5.59. The van der Waals surface area contributed by atoms with Crippen LogP contribution in [0, 0.1) is 15.9 Å². The number of benzene rings is 2. The zero-order valence-corrected chi connectivity index (χ0v) is 11.9. The minimum absolute atomic E-state index is 0.00797. The van der Waals surface area contributed by atoms with Crippen LogP contribution in [0.15, 0.2) is 36.4 Å². The van der Waals surface area contributed by atoms with Gasteiger partial charge in [0, 0.05) is 36.5 Å². The Hall–Kier alpha value is -2.34. The first-order chi connectivity index (χ1) is 10.0. The standard InChI is InChI=1S/C14H12ClFN2O3/c1-17-14-5-2-10(18(19)20)6-9(14)8-21-11-3-4-12(15)13(16)7-11/h2-7,17H,8H2,1H3. The van der Waals surface area contributed by atoms with E-state index in [4.69, 9.17) is 16.3 Å². The average molecular weight is 311 g/mol. The summed E-state index contributed by atoms with van der Waals surface area (Å²) in [7, 11) is 1.70. The molecule has 0 aliphatic rings. The van der Waals surface area contributed by atoms with Crippen molar-refractivity contribution >= 4 is 23.0 Å². The number of nitrogens with one attached hydrogen (secondary N) is 1. The van der Waals surface area contributed by atoms with Gasteiger partial charge in [-0.25, -0.2) is 4.39 Å². The molecule has 0 fully saturated rings. The third kappa shape index (κ3) is 3.61. The highest BCUT2D eigenvalue weighted by atomic mass is 35.5. The molecule has 0 unspecified atom stereocenters. The van der Waals surface area contributed by atoms with Crippen molar-refractivity contribution in [2.45, 2.75) is 6.61 Å². The summed E-state index contributed by atoms with van der Waals surface area (Å²) in [5.74, 6) is -0.285. The predicted octanol–water partition coefficient (Wildman–Crippen LogP) is 4.01. The molecular formula is C14H12ClFN2O3. The van der Waals surface area contributed by atoms with Gasteiger partial charge in [0.1, 0.15) is 18.2 Å². The number of anilines is 1. The maximum absolute atomic E-state index is 13.3. The molecule has 110 valence electrons. The number of nitrogens with zero attached hydrogens (tertiary/aromatic N) is 1. The van der Waals surface area contributed by atoms with E-state index in [1.807, 2.05) is 0 Å². The Kier molecular flexibility index (Phi) is 4.59. The van der Waals surface area contributed by atoms with Gasteiger partial charge in [0.05, 0.1) is 9.95 Å². The Bertz CT molecular complexity index is 679. The highest BCUT2D eigenvalue weighted by molar-refractivity contribution is 6.30. The van der Waals surface area contributed by atoms with Gasteiger partial charge < -0.3 is 10.1 Å². The van der Waals surface area contributed by atoms with Crippen molar-refractivity contribution in [2.75, 3.05) is 12.4 Å². The van der Waals surface area contributed by atoms with Crippen LogP contribution in [-0.4, -0.2) is 12.0 Å². The van der Waals surface area contributed by atoms with Gasteiger partial charge in [0.15, 0.2) is 0 Å². The monoisotopic (exact) mass is 310 g/mol. The molecular weight excluding hydrogens is 299 g/mol. The molecule has 0 spiro atoms. The number of non-ortho nitro benzene ring substituents is 1. The molecule has 0 amide bonds. The summed E-state index contributed by atoms with van der Waals surface area (Å²) in [5, 5.41) is 13.7. The number of ether oxygens (including phenoxy) is 1. The van der Waals surface area contributed by atoms with Gasteiger partial charge in [0.25, 0.3) is 5.69 Å². The molecule has 5 nitrogen and oxygen atoms in total. The summed E-state index contributed by atoms with van der Waals surface area (Å²) in [6.45, 7) is 0.0684. The lowest BCUT2D eigenvalue weighted by Gasteiger charge is -2.11. The van der Waals surface area contributed by atoms with Crippen LogP contribution in [-0.2, 0) is 6.61 Å². The lowest BCUT2D eigenvalue weighted by molar-refractivity contribution is -0.384. The number of hydrogen-bond donors (Lipinski definition) is 1. The molecule has 2 aromatic rings. The van der Waals surface area contributed by atoms with Gasteiger partial charge in [-0.1, -0.05) is 11.6 Å². The first-order valence-corrected chi connectivity index (χ1v) is 6.42. The van der Waals surface area contributed by atoms with Gasteiger partial charge in [-0.2, -0.15) is 0 Å². The number of nitro groups is 1. The van der Waals surface area contributed by atoms with Crippen molar-refractivity contribution in [3.05, 3.63) is 62.9 Å². The molecule has 0 aromatic heterocycles. The zero-order chi connectivity index (χ0) is 15.4. The Morgan fingerprint density at radius 3 is 2.71 bits per heavy atom. The van der Waals surface area contributed by atoms with Crippen molar-refractivity contribution in [3.8, 4) is 5.75 Å². The Labute approximate surface area is 125 Å². The fourth-order valence-electron chi connectivity index (χ4n) is 1.78. The van der Waals surface area contributed by atoms with Crippen LogP contribution in [0.1, 0.15) is 5.56 Å². The van der Waals surface area contributed by atoms with Gasteiger partial charge >= 0.3 is 0 Å². The molecule has 0 heterocycles. The van der Waals surface area contributed by atoms with E-state index in [9.17, 15) is 14.5 Å². The Morgan fingerprint density at radius 2 is 2.10 bits per heavy atom. The van der Waals surface area contributed by atoms with Crippen molar-refractivity contribution in [1.82, 2.24) is 0 Å². The normalized spacial score (nSPS) is 10.2. The lowest BCUT2D eigenvalue weighted by Crippen LogP contribution is -2.02. The van der Waals surface area contributed by atoms with Crippen molar-refractivity contribution in [3.63, 3.8) is 0 Å². The van der Waals surface area contributed by atoms with E-state index in [0.717, 1.165) is 0 Å². The molecule has 0 saturated heterocycles. The summed E-state index contributed by atoms with van der Waals surface area (Å²) in [5.41, 5.74) is 1.27. The Morgan fingerprint density at radius 1 is 1.33 bits per heavy atom. The molecule has 2 aromatic carbocycles. The second kappa shape index (κ2) is 6.41. The van der Waals surface area contributed by atoms with Gasteiger partial charge in [-0.3, -0.25) is 10.1 Å². The molecule has 1 N–H and O–H groups in total. The highest BCUT2D eigenvalue weighted by Gasteiger charge is 2.11. The van der Waals surface area contributed by atoms with Crippen LogP contribution in [0.2, 0.25) is 5.02 Å². The van der Waals surface area contributed by atoms with Crippen LogP contribution in [0.4, 0.5) is 15.8 Å². The number of halogens is 2. The summed E-state index contributed by atoms with van der Waals surface area (Å²) in [6, 6.07) is 8.49. The summed E-state index contributed by atoms with van der Waals surface area (Å²) < 4.78 is 18.8. The largest absolute Gasteiger partial charge is 0.489 e. The van der Waals surface area contributed by atoms with Gasteiger partial charge in [0.2, 0.25) is 0 Å². The number of rotatable bonds is 5. The van der Waals surface area contributed by atoms with E-state index in [-0.39, 0.29) is 17.3 Å². The minimum atomic E-state index is -0.581. The number of hydrogen-bond acceptors (Lipinski definition) is 4. The van der Waals surface area contributed by atoms with Gasteiger partial charge in [-0.15, -0.1) is 0 Å². The van der Waals surface area contributed by atoms with Crippen LogP contribution in [0.3, 0.4) is 0 Å². The van der Waals surface area contributed by atoms with Crippen molar-refractivity contribution < 1.29 is 14.1 Å². The third-order valence-electron chi connectivity index (χ3n) is 2.85. The first kappa shape index (κ1) is 15.1. The third-order valence-corrected chi connectivity index (χ3v) is 3.16. The first-order valence-electron chi connectivity index (χ1n) is 6.04. The van der Waals surface area contributed by atoms with E-state index >= 15 is 0 Å². The molecule has 21 heavy (non-hydrogen) atoms. The van der Waals surface area contributed by atoms with E-state index in [0.29, 0.717) is 17.0 Å². The molecule has 0 atom stereocenters. The van der Waals surface area contributed by atoms with E-state index in [1.54, 1.807) is 13.1 Å². The lowest BCUT2D eigenvalue weighted by atomic mass is 10.1. The average Bonchev–Trinajstić information content (AvgIpc) is 2.48. The minimum Gasteiger partial charge on any atom is -0.489 e. The molecule has 7 heteroatoms. The van der Waals surface area contributed by atoms with E-state index < -0.39 is 10.7 Å². The highest BCUT2D eigenvalue weighted by Crippen LogP contribution is 2.25. The van der Waals surface area contributed by atoms with E-state index in [2.05, 4.69) is 5.32 Å². The molecule has 0 saturated carbocycles. The fraction of sp³-hybridized carbons (Fsp3) is 0.143. The topological polar surface area (TPSA) is 64.4 Å². The van der Waals surface area contributed by atoms with Crippen LogP contribution < -0.4 is 10.1 Å². The van der Waals surface area contributed by atoms with Crippen molar-refractivity contribution in [2.24, 2.45) is 0 Å². The van der Waals surface area contributed by atoms with Crippen LogP contribution in [0.25, 0.3) is 0 Å². The maximum atomic E-state index is 13.3. The Balaban J connectivity index is 2.19. The second-order valence-corrected chi connectivity index (χ2v) is 4.62. The van der Waals surface area contributed by atoms with E-state index in [1.165, 1.54) is 30.3 Å². The second-order valence-electron chi connectivity index (χ2n) is 4.21. The summed E-state index contributed by atoms with van der Waals surface area (Å²) in [6.07, 6.45) is 0. The van der Waals surface area contributed by atoms with Crippen LogP contribution >= 0.6 is 11.6 Å². The quantitative estimate of drug-likeness (QED) is 0.669. The molecule has 0 aliphatic carbocycles. The predicted molar refractivity (Wildman–Crippen MR) is 78.4 cm³/mol. The fourth-order valence-corrected chi connectivity index (χ4v) is 1.90. The maximum Gasteiger partial charge on any atom is 0.269 e. The zero-order valence-electron chi connectivity index (χ0n) is 11.1. The summed E-state index contributed by atoms with van der Waals surface area (Å²) in [4.78, 5) is 10.3. The molecule has 2 rings (SSSR count). The number of nitro benzene ring substituents is 1. The molecule has 0 aliphatic heterocycles. The van der Waals surface area contributed by atoms with Crippen molar-refractivity contribution in [1.29, 1.82) is 0 Å². The molecule has 0 radical (unpaired) electrons.